The summed E-state index contributed by atoms with van der Waals surface area (Å²) in [5.74, 6) is -0.664. The number of amides is 1. The van der Waals surface area contributed by atoms with Crippen LogP contribution in [0.2, 0.25) is 0 Å². The number of anilines is 1. The number of hydrogen-bond donors (Lipinski definition) is 5. The number of nitrogens with two attached hydrogens (primary N) is 1. The molecule has 36 heavy (non-hydrogen) atoms. The number of rotatable bonds is 10. The van der Waals surface area contributed by atoms with Crippen LogP contribution in [0.3, 0.4) is 0 Å². The third-order valence-corrected chi connectivity index (χ3v) is 5.47. The molecular formula is C27H29N5O4. The Bertz CT molecular complexity index is 1300. The van der Waals surface area contributed by atoms with Crippen molar-refractivity contribution in [3.05, 3.63) is 89.1 Å². The summed E-state index contributed by atoms with van der Waals surface area (Å²) in [7, 11) is 0. The molecule has 1 amide bonds. The van der Waals surface area contributed by atoms with Crippen LogP contribution in [0.25, 0.3) is 17.2 Å². The van der Waals surface area contributed by atoms with Gasteiger partial charge in [0, 0.05) is 30.4 Å². The van der Waals surface area contributed by atoms with Crippen LogP contribution in [-0.2, 0) is 6.54 Å². The number of carbonyl (C=O) groups excluding carboxylic acids is 1. The van der Waals surface area contributed by atoms with E-state index in [0.29, 0.717) is 35.6 Å². The van der Waals surface area contributed by atoms with E-state index in [0.717, 1.165) is 11.1 Å². The summed E-state index contributed by atoms with van der Waals surface area (Å²) in [6, 6.07) is 13.6. The number of nitrogens with one attached hydrogen (secondary N) is 2. The third-order valence-electron chi connectivity index (χ3n) is 5.47. The molecule has 0 aliphatic heterocycles. The van der Waals surface area contributed by atoms with E-state index in [-0.39, 0.29) is 28.8 Å². The van der Waals surface area contributed by atoms with Gasteiger partial charge in [-0.15, -0.1) is 0 Å². The molecule has 2 aromatic carbocycles. The molecule has 0 aliphatic rings. The number of nitrogens with zero attached hydrogens (tertiary/aromatic N) is 2. The Morgan fingerprint density at radius 3 is 2.44 bits per heavy atom. The Hall–Kier alpha value is -4.66. The van der Waals surface area contributed by atoms with Gasteiger partial charge in [-0.2, -0.15) is 0 Å². The molecule has 0 saturated heterocycles. The zero-order valence-corrected chi connectivity index (χ0v) is 20.2. The lowest BCUT2D eigenvalue weighted by molar-refractivity contribution is 0.0697. The minimum absolute atomic E-state index is 0.0287. The van der Waals surface area contributed by atoms with Gasteiger partial charge >= 0.3 is 5.97 Å². The van der Waals surface area contributed by atoms with Crippen LogP contribution in [0.4, 0.5) is 5.82 Å². The second-order valence-electron chi connectivity index (χ2n) is 8.56. The molecule has 6 N–H and O–H groups in total. The van der Waals surface area contributed by atoms with Gasteiger partial charge in [-0.1, -0.05) is 49.9 Å². The van der Waals surface area contributed by atoms with E-state index in [1.165, 1.54) is 12.3 Å². The molecular weight excluding hydrogens is 458 g/mol. The summed E-state index contributed by atoms with van der Waals surface area (Å²) in [4.78, 5) is 28.9. The Labute approximate surface area is 209 Å². The van der Waals surface area contributed by atoms with Gasteiger partial charge in [-0.3, -0.25) is 4.79 Å². The molecule has 9 heteroatoms. The first-order valence-electron chi connectivity index (χ1n) is 11.3. The maximum atomic E-state index is 12.5. The number of aromatic nitrogens is 1. The van der Waals surface area contributed by atoms with Crippen molar-refractivity contribution in [1.29, 1.82) is 0 Å². The van der Waals surface area contributed by atoms with Crippen molar-refractivity contribution in [3.63, 3.8) is 0 Å². The van der Waals surface area contributed by atoms with Gasteiger partial charge in [-0.05, 0) is 58.5 Å². The summed E-state index contributed by atoms with van der Waals surface area (Å²) in [5, 5.41) is 27.7. The van der Waals surface area contributed by atoms with Crippen molar-refractivity contribution in [3.8, 4) is 11.1 Å². The van der Waals surface area contributed by atoms with Crippen LogP contribution in [0, 0.1) is 5.92 Å². The van der Waals surface area contributed by atoms with Crippen LogP contribution in [0.15, 0.2) is 66.5 Å². The highest BCUT2D eigenvalue weighted by Crippen LogP contribution is 2.30. The Morgan fingerprint density at radius 2 is 1.83 bits per heavy atom. The van der Waals surface area contributed by atoms with E-state index in [2.05, 4.69) is 27.4 Å². The molecule has 186 valence electrons. The molecule has 0 atom stereocenters. The number of carboxylic acid groups (broad SMARTS) is 1. The first kappa shape index (κ1) is 26.0. The van der Waals surface area contributed by atoms with Crippen molar-refractivity contribution in [2.45, 2.75) is 20.4 Å². The topological polar surface area (TPSA) is 150 Å². The number of hydrogen-bond acceptors (Lipinski definition) is 6. The monoisotopic (exact) mass is 487 g/mol. The molecule has 0 saturated carbocycles. The smallest absolute Gasteiger partial charge is 0.336 e. The van der Waals surface area contributed by atoms with Crippen molar-refractivity contribution < 1.29 is 19.9 Å². The van der Waals surface area contributed by atoms with Gasteiger partial charge in [0.15, 0.2) is 5.84 Å². The highest BCUT2D eigenvalue weighted by molar-refractivity contribution is 6.02. The van der Waals surface area contributed by atoms with E-state index >= 15 is 0 Å². The van der Waals surface area contributed by atoms with Crippen molar-refractivity contribution >= 4 is 29.6 Å². The lowest BCUT2D eigenvalue weighted by atomic mass is 9.92. The van der Waals surface area contributed by atoms with Crippen LogP contribution in [0.5, 0.6) is 0 Å². The van der Waals surface area contributed by atoms with Crippen LogP contribution < -0.4 is 16.4 Å². The fourth-order valence-corrected chi connectivity index (χ4v) is 3.54. The van der Waals surface area contributed by atoms with E-state index in [1.54, 1.807) is 30.3 Å². The molecule has 0 fully saturated rings. The molecule has 9 nitrogen and oxygen atoms in total. The fourth-order valence-electron chi connectivity index (χ4n) is 3.54. The summed E-state index contributed by atoms with van der Waals surface area (Å²) in [6.07, 6.45) is 3.18. The summed E-state index contributed by atoms with van der Waals surface area (Å²) in [6.45, 7) is 8.62. The predicted molar refractivity (Wildman–Crippen MR) is 140 cm³/mol. The Morgan fingerprint density at radius 1 is 1.11 bits per heavy atom. The first-order valence-corrected chi connectivity index (χ1v) is 11.3. The second kappa shape index (κ2) is 11.7. The molecule has 3 aromatic rings. The standard InChI is InChI=1S/C27H29N5O4/c1-4-17-5-8-21(20(11-17)15-30-24-10-7-19(14-29-24)25(28)32-36)22-9-6-18(12-23(22)27(34)35)26(33)31-13-16(2)3/h4-12,14,16,36H,1,13,15H2,2-3H3,(H2,28,32)(H,29,30)(H,31,33)(H,34,35). The Balaban J connectivity index is 1.94. The molecule has 0 unspecified atom stereocenters. The van der Waals surface area contributed by atoms with E-state index in [1.807, 2.05) is 32.0 Å². The molecule has 1 aromatic heterocycles. The second-order valence-corrected chi connectivity index (χ2v) is 8.56. The van der Waals surface area contributed by atoms with Crippen molar-refractivity contribution in [1.82, 2.24) is 10.3 Å². The van der Waals surface area contributed by atoms with Crippen LogP contribution in [0.1, 0.15) is 51.3 Å². The number of aromatic carboxylic acids is 1. The molecule has 0 spiro atoms. The number of carboxylic acids is 1. The number of oxime groups is 1. The summed E-state index contributed by atoms with van der Waals surface area (Å²) >= 11 is 0. The average Bonchev–Trinajstić information content (AvgIpc) is 2.89. The molecule has 0 aliphatic carbocycles. The van der Waals surface area contributed by atoms with Gasteiger partial charge in [0.1, 0.15) is 5.82 Å². The molecule has 0 radical (unpaired) electrons. The summed E-state index contributed by atoms with van der Waals surface area (Å²) in [5.41, 5.74) is 9.24. The van der Waals surface area contributed by atoms with E-state index in [9.17, 15) is 14.7 Å². The molecule has 0 bridgehead atoms. The van der Waals surface area contributed by atoms with Gasteiger partial charge in [0.2, 0.25) is 0 Å². The van der Waals surface area contributed by atoms with Crippen molar-refractivity contribution in [2.75, 3.05) is 11.9 Å². The van der Waals surface area contributed by atoms with Gasteiger partial charge in [0.25, 0.3) is 5.91 Å². The maximum Gasteiger partial charge on any atom is 0.336 e. The van der Waals surface area contributed by atoms with E-state index < -0.39 is 5.97 Å². The minimum atomic E-state index is -1.13. The van der Waals surface area contributed by atoms with Gasteiger partial charge in [0.05, 0.1) is 5.56 Å². The SMILES string of the molecule is C=Cc1ccc(-c2ccc(C(=O)NCC(C)C)cc2C(=O)O)c(CNc2ccc(C(N)=NO)cn2)c1. The molecule has 3 rings (SSSR count). The minimum Gasteiger partial charge on any atom is -0.478 e. The number of carbonyl (C=O) groups is 2. The van der Waals surface area contributed by atoms with Crippen LogP contribution in [-0.4, -0.2) is 39.6 Å². The van der Waals surface area contributed by atoms with Gasteiger partial charge < -0.3 is 26.7 Å². The van der Waals surface area contributed by atoms with Gasteiger partial charge in [-0.25, -0.2) is 9.78 Å². The number of pyridine rings is 1. The lowest BCUT2D eigenvalue weighted by Gasteiger charge is -2.16. The maximum absolute atomic E-state index is 12.5. The average molecular weight is 488 g/mol. The Kier molecular flexibility index (Phi) is 8.40. The largest absolute Gasteiger partial charge is 0.478 e. The van der Waals surface area contributed by atoms with Crippen LogP contribution >= 0.6 is 0 Å². The quantitative estimate of drug-likeness (QED) is 0.125. The fraction of sp³-hybridized carbons (Fsp3) is 0.185. The highest BCUT2D eigenvalue weighted by Gasteiger charge is 2.18. The highest BCUT2D eigenvalue weighted by atomic mass is 16.4. The summed E-state index contributed by atoms with van der Waals surface area (Å²) < 4.78 is 0. The third kappa shape index (κ3) is 6.26. The first-order chi connectivity index (χ1) is 17.2. The number of amidine groups is 1. The zero-order chi connectivity index (χ0) is 26.2. The lowest BCUT2D eigenvalue weighted by Crippen LogP contribution is -2.27. The van der Waals surface area contributed by atoms with Crippen molar-refractivity contribution in [2.24, 2.45) is 16.8 Å². The predicted octanol–water partition coefficient (Wildman–Crippen LogP) is 4.18. The zero-order valence-electron chi connectivity index (χ0n) is 20.2. The number of benzene rings is 2. The van der Waals surface area contributed by atoms with E-state index in [4.69, 9.17) is 10.9 Å². The normalized spacial score (nSPS) is 11.2. The molecule has 1 heterocycles.